The second-order valence-electron chi connectivity index (χ2n) is 10.1. The van der Waals surface area contributed by atoms with Crippen molar-refractivity contribution in [3.05, 3.63) is 124 Å². The third-order valence-corrected chi connectivity index (χ3v) is 7.25. The van der Waals surface area contributed by atoms with E-state index in [0.717, 1.165) is 12.0 Å². The predicted octanol–water partition coefficient (Wildman–Crippen LogP) is 6.57. The molecule has 224 valence electrons. The van der Waals surface area contributed by atoms with Gasteiger partial charge >= 0.3 is 5.97 Å². The van der Waals surface area contributed by atoms with Crippen LogP contribution in [0.25, 0.3) is 0 Å². The first kappa shape index (κ1) is 30.0. The van der Waals surface area contributed by atoms with Crippen LogP contribution in [0.3, 0.4) is 0 Å². The molecule has 4 aromatic rings. The number of carbonyl (C=O) groups is 1. The van der Waals surface area contributed by atoms with Crippen molar-refractivity contribution in [1.82, 2.24) is 0 Å². The number of nitrogens with two attached hydrogens (primary N) is 1. The smallest absolute Gasteiger partial charge is 0.352 e. The van der Waals surface area contributed by atoms with Crippen LogP contribution >= 0.6 is 0 Å². The molecule has 9 heteroatoms. The molecule has 2 unspecified atom stereocenters. The normalized spacial score (nSPS) is 14.5. The first-order valence-corrected chi connectivity index (χ1v) is 14.0. The summed E-state index contributed by atoms with van der Waals surface area (Å²) in [4.78, 5) is 12.8. The zero-order valence-corrected chi connectivity index (χ0v) is 24.5. The molecule has 1 aliphatic rings. The van der Waals surface area contributed by atoms with Crippen LogP contribution < -0.4 is 29.4 Å². The lowest BCUT2D eigenvalue weighted by atomic mass is 9.83. The maximum atomic E-state index is 14.1. The Hall–Kier alpha value is -5.49. The molecule has 8 nitrogen and oxygen atoms in total. The first-order valence-electron chi connectivity index (χ1n) is 14.0. The molecular weight excluding hydrogens is 563 g/mol. The van der Waals surface area contributed by atoms with Crippen LogP contribution in [0.4, 0.5) is 4.39 Å². The number of hydrogen-bond acceptors (Lipinski definition) is 8. The molecule has 0 amide bonds. The van der Waals surface area contributed by atoms with Crippen molar-refractivity contribution in [2.45, 2.75) is 38.9 Å². The lowest BCUT2D eigenvalue weighted by molar-refractivity contribution is -0.141. The molecule has 0 spiro atoms. The molecule has 0 saturated heterocycles. The number of benzene rings is 4. The molecule has 44 heavy (non-hydrogen) atoms. The van der Waals surface area contributed by atoms with Crippen LogP contribution in [0.1, 0.15) is 42.0 Å². The monoisotopic (exact) mass is 594 g/mol. The fourth-order valence-electron chi connectivity index (χ4n) is 4.85. The summed E-state index contributed by atoms with van der Waals surface area (Å²) in [6, 6.07) is 26.1. The molecule has 2 atom stereocenters. The lowest BCUT2D eigenvalue weighted by Gasteiger charge is -2.27. The summed E-state index contributed by atoms with van der Waals surface area (Å²) in [5.41, 5.74) is 9.28. The second-order valence-corrected chi connectivity index (χ2v) is 10.1. The van der Waals surface area contributed by atoms with Gasteiger partial charge in [0.15, 0.2) is 17.6 Å². The van der Waals surface area contributed by atoms with Gasteiger partial charge in [-0.3, -0.25) is 0 Å². The van der Waals surface area contributed by atoms with E-state index in [2.05, 4.69) is 13.0 Å². The number of nitrogens with zero attached hydrogens (tertiary/aromatic N) is 1. The highest BCUT2D eigenvalue weighted by Gasteiger charge is 2.32. The lowest BCUT2D eigenvalue weighted by Crippen LogP contribution is -2.28. The molecule has 2 N–H and O–H groups in total. The summed E-state index contributed by atoms with van der Waals surface area (Å²) in [5, 5.41) is 9.98. The fourth-order valence-corrected chi connectivity index (χ4v) is 4.85. The standard InChI is InChI=1S/C35H31FN2O6/c1-4-22-9-12-25(13-10-22)42-21(2)35(39)43-26-14-15-27-31(18-26)44-34(38)28(19-37)33(27)23-11-16-30(32(17-23)40-3)41-20-24-7-5-6-8-29(24)36/h5-18,21,33H,4,20,38H2,1-3H3. The van der Waals surface area contributed by atoms with E-state index in [9.17, 15) is 14.4 Å². The van der Waals surface area contributed by atoms with Gasteiger partial charge in [0.1, 0.15) is 41.3 Å². The molecule has 4 aromatic carbocycles. The maximum absolute atomic E-state index is 14.1. The van der Waals surface area contributed by atoms with Crippen LogP contribution in [0.5, 0.6) is 28.7 Å². The zero-order chi connectivity index (χ0) is 31.2. The Bertz CT molecular complexity index is 1750. The van der Waals surface area contributed by atoms with E-state index in [4.69, 9.17) is 29.4 Å². The van der Waals surface area contributed by atoms with Gasteiger partial charge in [0.05, 0.1) is 13.0 Å². The fraction of sp³-hybridized carbons (Fsp3) is 0.200. The van der Waals surface area contributed by atoms with Crippen LogP contribution in [-0.4, -0.2) is 19.2 Å². The number of carbonyl (C=O) groups excluding carboxylic acids is 1. The van der Waals surface area contributed by atoms with Gasteiger partial charge in [0.25, 0.3) is 0 Å². The van der Waals surface area contributed by atoms with Crippen molar-refractivity contribution < 1.29 is 32.9 Å². The summed E-state index contributed by atoms with van der Waals surface area (Å²) < 4.78 is 42.6. The van der Waals surface area contributed by atoms with E-state index >= 15 is 0 Å². The number of hydrogen-bond donors (Lipinski definition) is 1. The third kappa shape index (κ3) is 6.45. The molecule has 0 bridgehead atoms. The van der Waals surface area contributed by atoms with Crippen LogP contribution in [0.2, 0.25) is 0 Å². The van der Waals surface area contributed by atoms with Gasteiger partial charge in [0.2, 0.25) is 5.88 Å². The molecule has 0 aliphatic carbocycles. The number of nitriles is 1. The SMILES string of the molecule is CCc1ccc(OC(C)C(=O)Oc2ccc3c(c2)OC(N)=C(C#N)C3c2ccc(OCc3ccccc3F)c(OC)c2)cc1. The highest BCUT2D eigenvalue weighted by molar-refractivity contribution is 5.77. The molecule has 1 aliphatic heterocycles. The highest BCUT2D eigenvalue weighted by atomic mass is 19.1. The third-order valence-electron chi connectivity index (χ3n) is 7.25. The summed E-state index contributed by atoms with van der Waals surface area (Å²) in [6.07, 6.45) is 0.0351. The summed E-state index contributed by atoms with van der Waals surface area (Å²) >= 11 is 0. The van der Waals surface area contributed by atoms with Crippen LogP contribution in [0, 0.1) is 17.1 Å². The first-order chi connectivity index (χ1) is 21.3. The number of aryl methyl sites for hydroxylation is 1. The Morgan fingerprint density at radius 2 is 1.77 bits per heavy atom. The number of rotatable bonds is 10. The highest BCUT2D eigenvalue weighted by Crippen LogP contribution is 2.45. The van der Waals surface area contributed by atoms with E-state index in [1.807, 2.05) is 24.3 Å². The second kappa shape index (κ2) is 13.2. The van der Waals surface area contributed by atoms with Crippen molar-refractivity contribution >= 4 is 5.97 Å². The van der Waals surface area contributed by atoms with Gasteiger partial charge in [0, 0.05) is 17.2 Å². The molecule has 5 rings (SSSR count). The number of fused-ring (bicyclic) bond motifs is 1. The van der Waals surface area contributed by atoms with Gasteiger partial charge in [-0.05, 0) is 60.9 Å². The maximum Gasteiger partial charge on any atom is 0.352 e. The van der Waals surface area contributed by atoms with Gasteiger partial charge in [-0.15, -0.1) is 0 Å². The number of methoxy groups -OCH3 is 1. The molecular formula is C35H31FN2O6. The molecule has 0 aromatic heterocycles. The number of esters is 1. The zero-order valence-electron chi connectivity index (χ0n) is 24.5. The summed E-state index contributed by atoms with van der Waals surface area (Å²) in [7, 11) is 1.49. The molecule has 0 fully saturated rings. The van der Waals surface area contributed by atoms with E-state index in [1.165, 1.54) is 13.2 Å². The van der Waals surface area contributed by atoms with E-state index in [1.54, 1.807) is 61.5 Å². The van der Waals surface area contributed by atoms with Crippen molar-refractivity contribution in [2.24, 2.45) is 5.73 Å². The van der Waals surface area contributed by atoms with Crippen LogP contribution in [-0.2, 0) is 17.8 Å². The predicted molar refractivity (Wildman–Crippen MR) is 161 cm³/mol. The minimum Gasteiger partial charge on any atom is -0.493 e. The average molecular weight is 595 g/mol. The Labute approximate surface area is 255 Å². The molecule has 1 heterocycles. The Kier molecular flexibility index (Phi) is 9.01. The minimum absolute atomic E-state index is 0.00900. The number of allylic oxidation sites excluding steroid dienone is 1. The van der Waals surface area contributed by atoms with Gasteiger partial charge in [-0.25, -0.2) is 9.18 Å². The van der Waals surface area contributed by atoms with Crippen molar-refractivity contribution in [2.75, 3.05) is 7.11 Å². The quantitative estimate of drug-likeness (QED) is 0.162. The van der Waals surface area contributed by atoms with E-state index in [-0.39, 0.29) is 29.6 Å². The Balaban J connectivity index is 1.36. The topological polar surface area (TPSA) is 113 Å². The summed E-state index contributed by atoms with van der Waals surface area (Å²) in [6.45, 7) is 3.68. The van der Waals surface area contributed by atoms with Crippen LogP contribution in [0.15, 0.2) is 96.4 Å². The van der Waals surface area contributed by atoms with Gasteiger partial charge in [-0.1, -0.05) is 49.4 Å². The van der Waals surface area contributed by atoms with Gasteiger partial charge in [-0.2, -0.15) is 5.26 Å². The largest absolute Gasteiger partial charge is 0.493 e. The Morgan fingerprint density at radius 3 is 2.48 bits per heavy atom. The summed E-state index contributed by atoms with van der Waals surface area (Å²) in [5.74, 6) is 0.295. The van der Waals surface area contributed by atoms with Gasteiger partial charge < -0.3 is 29.4 Å². The molecule has 0 radical (unpaired) electrons. The Morgan fingerprint density at radius 1 is 1.02 bits per heavy atom. The minimum atomic E-state index is -0.867. The average Bonchev–Trinajstić information content (AvgIpc) is 3.04. The van der Waals surface area contributed by atoms with Crippen molar-refractivity contribution in [1.29, 1.82) is 5.26 Å². The number of ether oxygens (including phenoxy) is 5. The number of halogens is 1. The van der Waals surface area contributed by atoms with E-state index < -0.39 is 18.0 Å². The molecule has 0 saturated carbocycles. The van der Waals surface area contributed by atoms with Crippen molar-refractivity contribution in [3.63, 3.8) is 0 Å². The van der Waals surface area contributed by atoms with E-state index in [0.29, 0.717) is 39.7 Å². The van der Waals surface area contributed by atoms with Crippen molar-refractivity contribution in [3.8, 4) is 34.8 Å².